The van der Waals surface area contributed by atoms with Gasteiger partial charge in [0, 0.05) is 31.7 Å². The standard InChI is InChI=1S/C14H22FN3/c1-10-9-17(3)7-8-18(10)14-12(11(2)16)5-4-6-13(14)15/h4-6,10-11H,7-9,16H2,1-3H3/t10?,11-/m0/s1. The Morgan fingerprint density at radius 2 is 2.11 bits per heavy atom. The molecule has 1 aliphatic heterocycles. The predicted octanol–water partition coefficient (Wildman–Crippen LogP) is 1.99. The summed E-state index contributed by atoms with van der Waals surface area (Å²) in [5, 5.41) is 0. The second-order valence-corrected chi connectivity index (χ2v) is 5.27. The summed E-state index contributed by atoms with van der Waals surface area (Å²) in [5.41, 5.74) is 7.54. The molecule has 1 aliphatic rings. The maximum Gasteiger partial charge on any atom is 0.146 e. The number of piperazine rings is 1. The maximum atomic E-state index is 14.2. The largest absolute Gasteiger partial charge is 0.364 e. The fourth-order valence-electron chi connectivity index (χ4n) is 2.67. The zero-order valence-electron chi connectivity index (χ0n) is 11.4. The van der Waals surface area contributed by atoms with Crippen molar-refractivity contribution in [2.45, 2.75) is 25.9 Å². The van der Waals surface area contributed by atoms with Gasteiger partial charge >= 0.3 is 0 Å². The average molecular weight is 251 g/mol. The molecule has 0 aliphatic carbocycles. The number of hydrogen-bond acceptors (Lipinski definition) is 3. The molecule has 3 nitrogen and oxygen atoms in total. The van der Waals surface area contributed by atoms with E-state index >= 15 is 0 Å². The lowest BCUT2D eigenvalue weighted by Gasteiger charge is -2.41. The lowest BCUT2D eigenvalue weighted by molar-refractivity contribution is 0.274. The molecule has 0 spiro atoms. The van der Waals surface area contributed by atoms with Gasteiger partial charge in [0.25, 0.3) is 0 Å². The summed E-state index contributed by atoms with van der Waals surface area (Å²) in [4.78, 5) is 4.42. The van der Waals surface area contributed by atoms with Crippen LogP contribution >= 0.6 is 0 Å². The number of benzene rings is 1. The topological polar surface area (TPSA) is 32.5 Å². The van der Waals surface area contributed by atoms with E-state index in [1.165, 1.54) is 6.07 Å². The van der Waals surface area contributed by atoms with Crippen LogP contribution in [0.25, 0.3) is 0 Å². The van der Waals surface area contributed by atoms with Crippen molar-refractivity contribution in [2.75, 3.05) is 31.6 Å². The van der Waals surface area contributed by atoms with Crippen LogP contribution in [-0.4, -0.2) is 37.6 Å². The smallest absolute Gasteiger partial charge is 0.146 e. The first-order valence-electron chi connectivity index (χ1n) is 6.50. The Bertz CT molecular complexity index is 420. The molecule has 0 aromatic heterocycles. The summed E-state index contributed by atoms with van der Waals surface area (Å²) >= 11 is 0. The van der Waals surface area contributed by atoms with E-state index in [0.29, 0.717) is 11.7 Å². The van der Waals surface area contributed by atoms with Crippen molar-refractivity contribution in [1.29, 1.82) is 0 Å². The molecule has 1 saturated heterocycles. The average Bonchev–Trinajstić information content (AvgIpc) is 2.29. The molecule has 1 unspecified atom stereocenters. The van der Waals surface area contributed by atoms with Crippen molar-refractivity contribution in [3.8, 4) is 0 Å². The van der Waals surface area contributed by atoms with Gasteiger partial charge in [-0.1, -0.05) is 12.1 Å². The van der Waals surface area contributed by atoms with E-state index in [4.69, 9.17) is 5.73 Å². The normalized spacial score (nSPS) is 23.2. The quantitative estimate of drug-likeness (QED) is 0.872. The van der Waals surface area contributed by atoms with Crippen LogP contribution in [0, 0.1) is 5.82 Å². The zero-order chi connectivity index (χ0) is 13.3. The third-order valence-corrected chi connectivity index (χ3v) is 3.63. The van der Waals surface area contributed by atoms with Gasteiger partial charge < -0.3 is 15.5 Å². The molecule has 4 heteroatoms. The highest BCUT2D eigenvalue weighted by Gasteiger charge is 2.26. The van der Waals surface area contributed by atoms with Gasteiger partial charge in [-0.3, -0.25) is 0 Å². The number of halogens is 1. The van der Waals surface area contributed by atoms with Gasteiger partial charge in [-0.05, 0) is 32.5 Å². The first-order chi connectivity index (χ1) is 8.50. The van der Waals surface area contributed by atoms with Crippen molar-refractivity contribution < 1.29 is 4.39 Å². The van der Waals surface area contributed by atoms with Crippen LogP contribution in [0.1, 0.15) is 25.5 Å². The molecule has 1 heterocycles. The lowest BCUT2D eigenvalue weighted by Crippen LogP contribution is -2.51. The molecule has 18 heavy (non-hydrogen) atoms. The van der Waals surface area contributed by atoms with Crippen LogP contribution in [0.5, 0.6) is 0 Å². The number of hydrogen-bond donors (Lipinski definition) is 1. The third-order valence-electron chi connectivity index (χ3n) is 3.63. The van der Waals surface area contributed by atoms with Crippen molar-refractivity contribution in [1.82, 2.24) is 4.90 Å². The summed E-state index contributed by atoms with van der Waals surface area (Å²) in [6.45, 7) is 6.79. The zero-order valence-corrected chi connectivity index (χ0v) is 11.4. The van der Waals surface area contributed by atoms with Crippen LogP contribution in [0.15, 0.2) is 18.2 Å². The van der Waals surface area contributed by atoms with E-state index in [9.17, 15) is 4.39 Å². The number of anilines is 1. The SMILES string of the molecule is CC1CN(C)CCN1c1c(F)cccc1[C@H](C)N. The van der Waals surface area contributed by atoms with Crippen LogP contribution in [0.4, 0.5) is 10.1 Å². The lowest BCUT2D eigenvalue weighted by atomic mass is 10.0. The number of nitrogens with zero attached hydrogens (tertiary/aromatic N) is 2. The molecule has 2 rings (SSSR count). The molecule has 100 valence electrons. The van der Waals surface area contributed by atoms with E-state index in [1.807, 2.05) is 13.0 Å². The van der Waals surface area contributed by atoms with E-state index in [1.54, 1.807) is 6.07 Å². The Kier molecular flexibility index (Phi) is 3.88. The minimum absolute atomic E-state index is 0.150. The van der Waals surface area contributed by atoms with E-state index in [-0.39, 0.29) is 11.9 Å². The van der Waals surface area contributed by atoms with E-state index in [2.05, 4.69) is 23.8 Å². The molecule has 1 aromatic carbocycles. The molecule has 2 N–H and O–H groups in total. The number of nitrogens with two attached hydrogens (primary N) is 1. The Morgan fingerprint density at radius 3 is 2.72 bits per heavy atom. The Morgan fingerprint density at radius 1 is 1.39 bits per heavy atom. The van der Waals surface area contributed by atoms with E-state index in [0.717, 1.165) is 25.2 Å². The summed E-state index contributed by atoms with van der Waals surface area (Å²) in [7, 11) is 2.10. The number of para-hydroxylation sites is 1. The fourth-order valence-corrected chi connectivity index (χ4v) is 2.67. The summed E-state index contributed by atoms with van der Waals surface area (Å²) in [5.74, 6) is -0.166. The van der Waals surface area contributed by atoms with Gasteiger partial charge in [0.1, 0.15) is 5.82 Å². The van der Waals surface area contributed by atoms with Crippen LogP contribution in [0.2, 0.25) is 0 Å². The highest BCUT2D eigenvalue weighted by atomic mass is 19.1. The highest BCUT2D eigenvalue weighted by molar-refractivity contribution is 5.57. The first kappa shape index (κ1) is 13.3. The van der Waals surface area contributed by atoms with Crippen LogP contribution in [-0.2, 0) is 0 Å². The molecule has 1 fully saturated rings. The highest BCUT2D eigenvalue weighted by Crippen LogP contribution is 2.30. The summed E-state index contributed by atoms with van der Waals surface area (Å²) in [6.07, 6.45) is 0. The molecule has 1 aromatic rings. The second-order valence-electron chi connectivity index (χ2n) is 5.27. The first-order valence-corrected chi connectivity index (χ1v) is 6.50. The minimum Gasteiger partial charge on any atom is -0.364 e. The number of rotatable bonds is 2. The van der Waals surface area contributed by atoms with Gasteiger partial charge in [-0.15, -0.1) is 0 Å². The monoisotopic (exact) mass is 251 g/mol. The van der Waals surface area contributed by atoms with E-state index < -0.39 is 0 Å². The molecule has 0 saturated carbocycles. The molecule has 0 amide bonds. The Balaban J connectivity index is 2.38. The predicted molar refractivity (Wildman–Crippen MR) is 73.3 cm³/mol. The van der Waals surface area contributed by atoms with Crippen molar-refractivity contribution >= 4 is 5.69 Å². The van der Waals surface area contributed by atoms with Crippen LogP contribution in [0.3, 0.4) is 0 Å². The van der Waals surface area contributed by atoms with Gasteiger partial charge in [-0.2, -0.15) is 0 Å². The summed E-state index contributed by atoms with van der Waals surface area (Å²) < 4.78 is 14.2. The van der Waals surface area contributed by atoms with Gasteiger partial charge in [0.05, 0.1) is 5.69 Å². The molecule has 2 atom stereocenters. The van der Waals surface area contributed by atoms with Gasteiger partial charge in [-0.25, -0.2) is 4.39 Å². The fraction of sp³-hybridized carbons (Fsp3) is 0.571. The number of likely N-dealkylation sites (N-methyl/N-ethyl adjacent to an activating group) is 1. The van der Waals surface area contributed by atoms with Crippen LogP contribution < -0.4 is 10.6 Å². The Labute approximate surface area is 108 Å². The van der Waals surface area contributed by atoms with Crippen molar-refractivity contribution in [2.24, 2.45) is 5.73 Å². The molecular weight excluding hydrogens is 229 g/mol. The molecular formula is C14H22FN3. The summed E-state index contributed by atoms with van der Waals surface area (Å²) in [6, 6.07) is 5.33. The minimum atomic E-state index is -0.166. The van der Waals surface area contributed by atoms with Gasteiger partial charge in [0.2, 0.25) is 0 Å². The van der Waals surface area contributed by atoms with Crippen molar-refractivity contribution in [3.63, 3.8) is 0 Å². The molecule has 0 radical (unpaired) electrons. The Hall–Kier alpha value is -1.13. The van der Waals surface area contributed by atoms with Gasteiger partial charge in [0.15, 0.2) is 0 Å². The second kappa shape index (κ2) is 5.24. The maximum absolute atomic E-state index is 14.2. The van der Waals surface area contributed by atoms with Crippen molar-refractivity contribution in [3.05, 3.63) is 29.6 Å². The molecule has 0 bridgehead atoms. The third kappa shape index (κ3) is 2.49.